The number of amides is 1. The SMILES string of the molecule is CC(C)(CNC(=O)c1ccccc1OC(F)F)N1CCc2ccccc2C1. The number of benzene rings is 2. The molecular formula is C21H24F2N2O2. The van der Waals surface area contributed by atoms with E-state index in [9.17, 15) is 13.6 Å². The van der Waals surface area contributed by atoms with Crippen LogP contribution in [0.15, 0.2) is 48.5 Å². The first kappa shape index (κ1) is 19.3. The Hall–Kier alpha value is -2.47. The Kier molecular flexibility index (Phi) is 5.75. The smallest absolute Gasteiger partial charge is 0.387 e. The number of halogens is 2. The largest absolute Gasteiger partial charge is 0.434 e. The molecule has 2 aromatic carbocycles. The van der Waals surface area contributed by atoms with Crippen LogP contribution in [-0.2, 0) is 13.0 Å². The lowest BCUT2D eigenvalue weighted by atomic mass is 9.94. The van der Waals surface area contributed by atoms with Crippen LogP contribution in [0.4, 0.5) is 8.78 Å². The minimum Gasteiger partial charge on any atom is -0.434 e. The van der Waals surface area contributed by atoms with E-state index in [2.05, 4.69) is 47.0 Å². The molecule has 1 heterocycles. The van der Waals surface area contributed by atoms with Gasteiger partial charge in [-0.05, 0) is 43.5 Å². The van der Waals surface area contributed by atoms with Gasteiger partial charge < -0.3 is 10.1 Å². The first-order chi connectivity index (χ1) is 12.9. The summed E-state index contributed by atoms with van der Waals surface area (Å²) in [6, 6.07) is 14.4. The molecule has 1 aliphatic rings. The van der Waals surface area contributed by atoms with E-state index < -0.39 is 12.5 Å². The molecule has 4 nitrogen and oxygen atoms in total. The summed E-state index contributed by atoms with van der Waals surface area (Å²) in [4.78, 5) is 14.9. The normalized spacial score (nSPS) is 14.7. The molecular weight excluding hydrogens is 350 g/mol. The highest BCUT2D eigenvalue weighted by molar-refractivity contribution is 5.96. The standard InChI is InChI=1S/C21H24F2N2O2/c1-21(2,25-12-11-15-7-3-4-8-16(15)13-25)14-24-19(26)17-9-5-6-10-18(17)27-20(22)23/h3-10,20H,11-14H2,1-2H3,(H,24,26). The van der Waals surface area contributed by atoms with Gasteiger partial charge in [-0.25, -0.2) is 0 Å². The maximum atomic E-state index is 12.5. The number of nitrogens with one attached hydrogen (secondary N) is 1. The Bertz CT molecular complexity index is 808. The zero-order valence-corrected chi connectivity index (χ0v) is 15.5. The summed E-state index contributed by atoms with van der Waals surface area (Å²) in [5.41, 5.74) is 2.50. The third-order valence-electron chi connectivity index (χ3n) is 5.02. The number of alkyl halides is 2. The third-order valence-corrected chi connectivity index (χ3v) is 5.02. The lowest BCUT2D eigenvalue weighted by molar-refractivity contribution is -0.0501. The molecule has 1 aliphatic heterocycles. The molecule has 1 N–H and O–H groups in total. The Morgan fingerprint density at radius 2 is 1.81 bits per heavy atom. The zero-order valence-electron chi connectivity index (χ0n) is 15.5. The molecule has 0 fully saturated rings. The monoisotopic (exact) mass is 374 g/mol. The molecule has 1 amide bonds. The van der Waals surface area contributed by atoms with Crippen molar-refractivity contribution in [2.75, 3.05) is 13.1 Å². The molecule has 3 rings (SSSR count). The van der Waals surface area contributed by atoms with Crippen LogP contribution in [0.1, 0.15) is 35.3 Å². The van der Waals surface area contributed by atoms with Crippen molar-refractivity contribution in [1.29, 1.82) is 0 Å². The van der Waals surface area contributed by atoms with Crippen molar-refractivity contribution in [3.8, 4) is 5.75 Å². The van der Waals surface area contributed by atoms with Gasteiger partial charge in [-0.3, -0.25) is 9.69 Å². The number of carbonyl (C=O) groups is 1. The van der Waals surface area contributed by atoms with Crippen LogP contribution in [0.5, 0.6) is 5.75 Å². The van der Waals surface area contributed by atoms with E-state index in [4.69, 9.17) is 0 Å². The van der Waals surface area contributed by atoms with Gasteiger partial charge in [-0.15, -0.1) is 0 Å². The van der Waals surface area contributed by atoms with E-state index in [0.29, 0.717) is 6.54 Å². The van der Waals surface area contributed by atoms with Crippen molar-refractivity contribution in [2.45, 2.75) is 39.0 Å². The molecule has 144 valence electrons. The van der Waals surface area contributed by atoms with Crippen LogP contribution in [-0.4, -0.2) is 36.0 Å². The molecule has 0 unspecified atom stereocenters. The van der Waals surface area contributed by atoms with Gasteiger partial charge in [-0.2, -0.15) is 8.78 Å². The first-order valence-corrected chi connectivity index (χ1v) is 9.01. The van der Waals surface area contributed by atoms with Gasteiger partial charge in [0.05, 0.1) is 5.56 Å². The Balaban J connectivity index is 1.65. The van der Waals surface area contributed by atoms with E-state index in [-0.39, 0.29) is 16.9 Å². The summed E-state index contributed by atoms with van der Waals surface area (Å²) in [7, 11) is 0. The van der Waals surface area contributed by atoms with Crippen molar-refractivity contribution >= 4 is 5.91 Å². The number of hydrogen-bond acceptors (Lipinski definition) is 3. The Labute approximate surface area is 158 Å². The summed E-state index contributed by atoms with van der Waals surface area (Å²) in [5.74, 6) is -0.536. The Morgan fingerprint density at radius 1 is 1.15 bits per heavy atom. The number of hydrogen-bond donors (Lipinski definition) is 1. The predicted molar refractivity (Wildman–Crippen MR) is 100 cm³/mol. The number of rotatable bonds is 6. The van der Waals surface area contributed by atoms with Crippen LogP contribution in [0.3, 0.4) is 0 Å². The Morgan fingerprint density at radius 3 is 2.56 bits per heavy atom. The number of fused-ring (bicyclic) bond motifs is 1. The average molecular weight is 374 g/mol. The van der Waals surface area contributed by atoms with Crippen molar-refractivity contribution in [3.05, 3.63) is 65.2 Å². The molecule has 2 aromatic rings. The summed E-state index contributed by atoms with van der Waals surface area (Å²) in [6.45, 7) is 3.31. The molecule has 0 aromatic heterocycles. The molecule has 0 radical (unpaired) electrons. The maximum Gasteiger partial charge on any atom is 0.387 e. The molecule has 0 bridgehead atoms. The minimum absolute atomic E-state index is 0.109. The van der Waals surface area contributed by atoms with Gasteiger partial charge in [0.25, 0.3) is 5.91 Å². The number of nitrogens with zero attached hydrogens (tertiary/aromatic N) is 1. The van der Waals surface area contributed by atoms with E-state index in [1.165, 1.54) is 23.3 Å². The molecule has 0 spiro atoms. The van der Waals surface area contributed by atoms with E-state index >= 15 is 0 Å². The lowest BCUT2D eigenvalue weighted by Gasteiger charge is -2.41. The van der Waals surface area contributed by atoms with Crippen LogP contribution in [0.25, 0.3) is 0 Å². The number of carbonyl (C=O) groups excluding carboxylic acids is 1. The second kappa shape index (κ2) is 8.05. The van der Waals surface area contributed by atoms with Crippen molar-refractivity contribution < 1.29 is 18.3 Å². The lowest BCUT2D eigenvalue weighted by Crippen LogP contribution is -2.53. The molecule has 6 heteroatoms. The summed E-state index contributed by atoms with van der Waals surface area (Å²) < 4.78 is 29.5. The fraction of sp³-hybridized carbons (Fsp3) is 0.381. The van der Waals surface area contributed by atoms with Crippen molar-refractivity contribution in [2.24, 2.45) is 0 Å². The number of ether oxygens (including phenoxy) is 1. The zero-order chi connectivity index (χ0) is 19.4. The summed E-state index contributed by atoms with van der Waals surface area (Å²) in [6.07, 6.45) is 0.971. The van der Waals surface area contributed by atoms with E-state index in [0.717, 1.165) is 19.5 Å². The molecule has 0 saturated carbocycles. The second-order valence-corrected chi connectivity index (χ2v) is 7.31. The van der Waals surface area contributed by atoms with Crippen LogP contribution in [0, 0.1) is 0 Å². The first-order valence-electron chi connectivity index (χ1n) is 9.01. The van der Waals surface area contributed by atoms with Gasteiger partial charge in [0.2, 0.25) is 0 Å². The molecule has 0 atom stereocenters. The maximum absolute atomic E-state index is 12.5. The van der Waals surface area contributed by atoms with Crippen LogP contribution >= 0.6 is 0 Å². The van der Waals surface area contributed by atoms with Crippen molar-refractivity contribution in [1.82, 2.24) is 10.2 Å². The van der Waals surface area contributed by atoms with Crippen LogP contribution in [0.2, 0.25) is 0 Å². The fourth-order valence-electron chi connectivity index (χ4n) is 3.37. The van der Waals surface area contributed by atoms with Gasteiger partial charge in [0.15, 0.2) is 0 Å². The molecule has 0 aliphatic carbocycles. The highest BCUT2D eigenvalue weighted by Crippen LogP contribution is 2.25. The second-order valence-electron chi connectivity index (χ2n) is 7.31. The predicted octanol–water partition coefficient (Wildman–Crippen LogP) is 3.85. The van der Waals surface area contributed by atoms with Gasteiger partial charge in [0, 0.05) is 25.2 Å². The van der Waals surface area contributed by atoms with Gasteiger partial charge in [-0.1, -0.05) is 36.4 Å². The topological polar surface area (TPSA) is 41.6 Å². The van der Waals surface area contributed by atoms with Gasteiger partial charge in [0.1, 0.15) is 5.75 Å². The van der Waals surface area contributed by atoms with E-state index in [1.54, 1.807) is 12.1 Å². The highest BCUT2D eigenvalue weighted by Gasteiger charge is 2.30. The number of para-hydroxylation sites is 1. The van der Waals surface area contributed by atoms with Crippen LogP contribution < -0.4 is 10.1 Å². The summed E-state index contributed by atoms with van der Waals surface area (Å²) in [5, 5.41) is 2.87. The van der Waals surface area contributed by atoms with E-state index in [1.807, 2.05) is 6.07 Å². The summed E-state index contributed by atoms with van der Waals surface area (Å²) >= 11 is 0. The third kappa shape index (κ3) is 4.63. The fourth-order valence-corrected chi connectivity index (χ4v) is 3.37. The average Bonchev–Trinajstić information content (AvgIpc) is 2.66. The highest BCUT2D eigenvalue weighted by atomic mass is 19.3. The molecule has 0 saturated heterocycles. The van der Waals surface area contributed by atoms with Gasteiger partial charge >= 0.3 is 6.61 Å². The molecule has 27 heavy (non-hydrogen) atoms. The quantitative estimate of drug-likeness (QED) is 0.835. The van der Waals surface area contributed by atoms with Crippen molar-refractivity contribution in [3.63, 3.8) is 0 Å². The minimum atomic E-state index is -2.97.